The zero-order valence-electron chi connectivity index (χ0n) is 12.5. The first-order chi connectivity index (χ1) is 8.30. The van der Waals surface area contributed by atoms with E-state index in [4.69, 9.17) is 0 Å². The minimum atomic E-state index is 1.06. The van der Waals surface area contributed by atoms with E-state index in [1.54, 1.807) is 19.3 Å². The Kier molecular flexibility index (Phi) is 7.97. The van der Waals surface area contributed by atoms with Crippen LogP contribution in [0.2, 0.25) is 0 Å². The first kappa shape index (κ1) is 15.1. The van der Waals surface area contributed by atoms with Gasteiger partial charge >= 0.3 is 0 Å². The smallest absolute Gasteiger partial charge is 0.0406 e. The van der Waals surface area contributed by atoms with Crippen molar-refractivity contribution < 1.29 is 0 Å². The van der Waals surface area contributed by atoms with Crippen molar-refractivity contribution in [1.29, 1.82) is 0 Å². The molecule has 0 aromatic rings. The van der Waals surface area contributed by atoms with Crippen LogP contribution in [0.5, 0.6) is 0 Å². The molecule has 0 radical (unpaired) electrons. The van der Waals surface area contributed by atoms with Gasteiger partial charge in [-0.2, -0.15) is 0 Å². The molecule has 0 nitrogen and oxygen atoms in total. The molecule has 0 bridgehead atoms. The molecule has 0 aromatic heterocycles. The van der Waals surface area contributed by atoms with Gasteiger partial charge in [0.05, 0.1) is 0 Å². The molecule has 1 aliphatic carbocycles. The summed E-state index contributed by atoms with van der Waals surface area (Å²) in [5.74, 6) is 3.24. The van der Waals surface area contributed by atoms with Gasteiger partial charge in [-0.3, -0.25) is 0 Å². The summed E-state index contributed by atoms with van der Waals surface area (Å²) in [5.41, 5.74) is 0. The van der Waals surface area contributed by atoms with Crippen molar-refractivity contribution in [1.82, 2.24) is 0 Å². The molecule has 1 aliphatic rings. The summed E-state index contributed by atoms with van der Waals surface area (Å²) < 4.78 is 0. The maximum atomic E-state index is 2.36. The third-order valence-electron chi connectivity index (χ3n) is 4.74. The Morgan fingerprint density at radius 3 is 2.18 bits per heavy atom. The highest BCUT2D eigenvalue weighted by molar-refractivity contribution is 4.80. The quantitative estimate of drug-likeness (QED) is 0.397. The van der Waals surface area contributed by atoms with E-state index < -0.39 is 0 Å². The second kappa shape index (κ2) is 9.00. The van der Waals surface area contributed by atoms with Crippen LogP contribution in [0, 0.1) is 17.8 Å². The molecule has 0 aromatic carbocycles. The van der Waals surface area contributed by atoms with E-state index in [0.29, 0.717) is 0 Å². The van der Waals surface area contributed by atoms with Crippen LogP contribution >= 0.6 is 0 Å². The average molecular weight is 238 g/mol. The maximum Gasteiger partial charge on any atom is -0.0406 e. The maximum absolute atomic E-state index is 2.36. The Balaban J connectivity index is 2.10. The highest BCUT2D eigenvalue weighted by Crippen LogP contribution is 2.41. The summed E-state index contributed by atoms with van der Waals surface area (Å²) in [4.78, 5) is 0. The summed E-state index contributed by atoms with van der Waals surface area (Å²) >= 11 is 0. The normalized spacial score (nSPS) is 25.6. The molecular formula is C17H34. The summed E-state index contributed by atoms with van der Waals surface area (Å²) in [6.45, 7) is 7.02. The molecule has 0 saturated heterocycles. The molecule has 0 heterocycles. The molecular weight excluding hydrogens is 204 g/mol. The van der Waals surface area contributed by atoms with Crippen molar-refractivity contribution in [3.05, 3.63) is 0 Å². The van der Waals surface area contributed by atoms with Gasteiger partial charge in [0.25, 0.3) is 0 Å². The molecule has 17 heavy (non-hydrogen) atoms. The molecule has 0 amide bonds. The monoisotopic (exact) mass is 238 g/mol. The molecule has 1 fully saturated rings. The van der Waals surface area contributed by atoms with Gasteiger partial charge in [0.2, 0.25) is 0 Å². The van der Waals surface area contributed by atoms with Crippen LogP contribution in [0.3, 0.4) is 0 Å². The van der Waals surface area contributed by atoms with Gasteiger partial charge in [-0.1, -0.05) is 72.1 Å². The highest BCUT2D eigenvalue weighted by Gasteiger charge is 2.29. The van der Waals surface area contributed by atoms with E-state index in [2.05, 4.69) is 20.8 Å². The van der Waals surface area contributed by atoms with Crippen LogP contribution in [-0.4, -0.2) is 0 Å². The van der Waals surface area contributed by atoms with E-state index in [1.165, 1.54) is 51.4 Å². The fraction of sp³-hybridized carbons (Fsp3) is 1.00. The lowest BCUT2D eigenvalue weighted by atomic mass is 9.69. The lowest BCUT2D eigenvalue weighted by Crippen LogP contribution is -2.25. The van der Waals surface area contributed by atoms with Crippen LogP contribution in [0.1, 0.15) is 91.4 Å². The second-order valence-electron chi connectivity index (χ2n) is 6.35. The molecule has 0 aliphatic heterocycles. The van der Waals surface area contributed by atoms with Crippen molar-refractivity contribution in [2.75, 3.05) is 0 Å². The van der Waals surface area contributed by atoms with Crippen LogP contribution in [0.25, 0.3) is 0 Å². The molecule has 1 unspecified atom stereocenters. The molecule has 1 atom stereocenters. The zero-order chi connectivity index (χ0) is 12.5. The summed E-state index contributed by atoms with van der Waals surface area (Å²) in [6.07, 6.45) is 16.2. The molecule has 0 heteroatoms. The van der Waals surface area contributed by atoms with Crippen LogP contribution in [-0.2, 0) is 0 Å². The minimum Gasteiger partial charge on any atom is -0.0654 e. The van der Waals surface area contributed by atoms with E-state index in [1.807, 2.05) is 0 Å². The third-order valence-corrected chi connectivity index (χ3v) is 4.74. The van der Waals surface area contributed by atoms with Crippen molar-refractivity contribution in [2.45, 2.75) is 91.4 Å². The first-order valence-corrected chi connectivity index (χ1v) is 8.30. The molecule has 102 valence electrons. The predicted octanol–water partition coefficient (Wildman–Crippen LogP) is 6.20. The third kappa shape index (κ3) is 5.93. The fourth-order valence-corrected chi connectivity index (χ4v) is 3.52. The van der Waals surface area contributed by atoms with Gasteiger partial charge in [-0.25, -0.2) is 0 Å². The van der Waals surface area contributed by atoms with Gasteiger partial charge in [0.1, 0.15) is 0 Å². The van der Waals surface area contributed by atoms with Crippen LogP contribution < -0.4 is 0 Å². The lowest BCUT2D eigenvalue weighted by molar-refractivity contribution is 0.147. The number of hydrogen-bond acceptors (Lipinski definition) is 0. The van der Waals surface area contributed by atoms with Crippen LogP contribution in [0.15, 0.2) is 0 Å². The minimum absolute atomic E-state index is 1.06. The SMILES string of the molecule is CCCCCCC(CCC)CC1CC(CC)C1. The number of hydrogen-bond donors (Lipinski definition) is 0. The molecule has 1 saturated carbocycles. The Labute approximate surface area is 110 Å². The topological polar surface area (TPSA) is 0 Å². The summed E-state index contributed by atoms with van der Waals surface area (Å²) in [6, 6.07) is 0. The zero-order valence-corrected chi connectivity index (χ0v) is 12.5. The Morgan fingerprint density at radius 2 is 1.59 bits per heavy atom. The second-order valence-corrected chi connectivity index (χ2v) is 6.35. The number of unbranched alkanes of at least 4 members (excludes halogenated alkanes) is 3. The fourth-order valence-electron chi connectivity index (χ4n) is 3.52. The van der Waals surface area contributed by atoms with E-state index >= 15 is 0 Å². The van der Waals surface area contributed by atoms with Gasteiger partial charge in [-0.15, -0.1) is 0 Å². The van der Waals surface area contributed by atoms with Crippen molar-refractivity contribution in [2.24, 2.45) is 17.8 Å². The Hall–Kier alpha value is 0. The van der Waals surface area contributed by atoms with Crippen molar-refractivity contribution in [3.8, 4) is 0 Å². The summed E-state index contributed by atoms with van der Waals surface area (Å²) in [7, 11) is 0. The van der Waals surface area contributed by atoms with Gasteiger partial charge < -0.3 is 0 Å². The molecule has 1 rings (SSSR count). The molecule has 0 spiro atoms. The van der Waals surface area contributed by atoms with E-state index in [0.717, 1.165) is 17.8 Å². The largest absolute Gasteiger partial charge is 0.0654 e. The first-order valence-electron chi connectivity index (χ1n) is 8.30. The summed E-state index contributed by atoms with van der Waals surface area (Å²) in [5, 5.41) is 0. The predicted molar refractivity (Wildman–Crippen MR) is 78.3 cm³/mol. The lowest BCUT2D eigenvalue weighted by Gasteiger charge is -2.37. The van der Waals surface area contributed by atoms with Crippen molar-refractivity contribution >= 4 is 0 Å². The van der Waals surface area contributed by atoms with E-state index in [-0.39, 0.29) is 0 Å². The van der Waals surface area contributed by atoms with Gasteiger partial charge in [0.15, 0.2) is 0 Å². The molecule has 0 N–H and O–H groups in total. The van der Waals surface area contributed by atoms with Crippen LogP contribution in [0.4, 0.5) is 0 Å². The standard InChI is InChI=1S/C17H34/c1-4-7-8-9-11-16(10-5-2)14-17-12-15(6-3)13-17/h15-17H,4-14H2,1-3H3. The van der Waals surface area contributed by atoms with Gasteiger partial charge in [-0.05, 0) is 37.0 Å². The van der Waals surface area contributed by atoms with E-state index in [9.17, 15) is 0 Å². The Morgan fingerprint density at radius 1 is 0.824 bits per heavy atom. The number of rotatable bonds is 10. The van der Waals surface area contributed by atoms with Crippen molar-refractivity contribution in [3.63, 3.8) is 0 Å². The van der Waals surface area contributed by atoms with Gasteiger partial charge in [0, 0.05) is 0 Å². The Bertz CT molecular complexity index is 167. The highest BCUT2D eigenvalue weighted by atomic mass is 14.3. The average Bonchev–Trinajstić information content (AvgIpc) is 2.28.